The third-order valence-corrected chi connectivity index (χ3v) is 5.30. The lowest BCUT2D eigenvalue weighted by molar-refractivity contribution is -0.386. The molecule has 116 valence electrons. The van der Waals surface area contributed by atoms with Crippen LogP contribution in [0, 0.1) is 22.5 Å². The van der Waals surface area contributed by atoms with Gasteiger partial charge in [0.05, 0.1) is 4.92 Å². The van der Waals surface area contributed by atoms with Gasteiger partial charge >= 0.3 is 5.69 Å². The van der Waals surface area contributed by atoms with Gasteiger partial charge in [-0.3, -0.25) is 10.1 Å². The average molecular weight is 357 g/mol. The first-order valence-electron chi connectivity index (χ1n) is 7.22. The van der Waals surface area contributed by atoms with E-state index in [9.17, 15) is 10.1 Å². The minimum Gasteiger partial charge on any atom is -0.483 e. The summed E-state index contributed by atoms with van der Waals surface area (Å²) in [5.41, 5.74) is 6.85. The fraction of sp³-hybridized carbons (Fsp3) is 0.600. The van der Waals surface area contributed by atoms with E-state index in [1.807, 2.05) is 13.0 Å². The molecule has 0 amide bonds. The Kier molecular flexibility index (Phi) is 4.58. The molecule has 6 heteroatoms. The van der Waals surface area contributed by atoms with Gasteiger partial charge in [0, 0.05) is 28.4 Å². The Morgan fingerprint density at radius 2 is 2.10 bits per heavy atom. The third-order valence-electron chi connectivity index (χ3n) is 4.84. The maximum Gasteiger partial charge on any atom is 0.312 e. The van der Waals surface area contributed by atoms with Crippen LogP contribution in [0.25, 0.3) is 0 Å². The lowest BCUT2D eigenvalue weighted by Gasteiger charge is -2.53. The van der Waals surface area contributed by atoms with Gasteiger partial charge in [0.25, 0.3) is 0 Å². The summed E-state index contributed by atoms with van der Waals surface area (Å²) in [7, 11) is 0. The van der Waals surface area contributed by atoms with Crippen molar-refractivity contribution in [2.75, 3.05) is 0 Å². The number of aryl methyl sites for hydroxylation is 1. The van der Waals surface area contributed by atoms with Crippen LogP contribution >= 0.6 is 15.9 Å². The summed E-state index contributed by atoms with van der Waals surface area (Å²) in [6, 6.07) is 3.42. The van der Waals surface area contributed by atoms with Gasteiger partial charge in [0.1, 0.15) is 6.10 Å². The summed E-state index contributed by atoms with van der Waals surface area (Å²) >= 11 is 3.29. The van der Waals surface area contributed by atoms with Crippen LogP contribution < -0.4 is 10.5 Å². The first-order valence-corrected chi connectivity index (χ1v) is 8.01. The van der Waals surface area contributed by atoms with Gasteiger partial charge in [0.15, 0.2) is 5.75 Å². The highest BCUT2D eigenvalue weighted by atomic mass is 79.9. The van der Waals surface area contributed by atoms with Crippen molar-refractivity contribution >= 4 is 21.6 Å². The highest BCUT2D eigenvalue weighted by Crippen LogP contribution is 2.49. The largest absolute Gasteiger partial charge is 0.483 e. The molecule has 0 saturated heterocycles. The molecule has 0 spiro atoms. The number of nitro benzene ring substituents is 1. The Balaban J connectivity index is 2.34. The Hall–Kier alpha value is -1.14. The van der Waals surface area contributed by atoms with Crippen LogP contribution in [0.2, 0.25) is 0 Å². The van der Waals surface area contributed by atoms with E-state index in [4.69, 9.17) is 10.5 Å². The van der Waals surface area contributed by atoms with Crippen molar-refractivity contribution in [2.45, 2.75) is 52.2 Å². The number of halogens is 1. The zero-order valence-electron chi connectivity index (χ0n) is 12.6. The normalized spacial score (nSPS) is 23.5. The summed E-state index contributed by atoms with van der Waals surface area (Å²) in [5.74, 6) is 0.367. The van der Waals surface area contributed by atoms with Crippen molar-refractivity contribution in [3.8, 4) is 5.75 Å². The number of hydrogen-bond acceptors (Lipinski definition) is 4. The zero-order chi connectivity index (χ0) is 15.8. The Bertz CT molecular complexity index is 558. The molecule has 1 aromatic carbocycles. The van der Waals surface area contributed by atoms with Gasteiger partial charge in [-0.1, -0.05) is 29.8 Å². The van der Waals surface area contributed by atoms with Gasteiger partial charge < -0.3 is 10.5 Å². The van der Waals surface area contributed by atoms with Crippen LogP contribution in [-0.2, 0) is 0 Å². The molecule has 1 aliphatic rings. The van der Waals surface area contributed by atoms with Gasteiger partial charge in [-0.25, -0.2) is 0 Å². The fourth-order valence-corrected chi connectivity index (χ4v) is 3.88. The minimum absolute atomic E-state index is 0.00320. The molecular weight excluding hydrogens is 336 g/mol. The summed E-state index contributed by atoms with van der Waals surface area (Å²) in [6.07, 6.45) is 2.52. The number of nitrogens with zero attached hydrogens (tertiary/aromatic N) is 1. The molecule has 5 nitrogen and oxygen atoms in total. The molecule has 21 heavy (non-hydrogen) atoms. The highest BCUT2D eigenvalue weighted by molar-refractivity contribution is 9.10. The summed E-state index contributed by atoms with van der Waals surface area (Å²) < 4.78 is 6.74. The quantitative estimate of drug-likeness (QED) is 0.639. The molecule has 0 aromatic heterocycles. The molecule has 0 bridgehead atoms. The molecule has 0 aliphatic heterocycles. The predicted molar refractivity (Wildman–Crippen MR) is 85.6 cm³/mol. The fourth-order valence-electron chi connectivity index (χ4n) is 3.32. The van der Waals surface area contributed by atoms with E-state index in [1.54, 1.807) is 0 Å². The number of benzene rings is 1. The van der Waals surface area contributed by atoms with E-state index in [-0.39, 0.29) is 23.2 Å². The number of rotatable bonds is 5. The molecule has 0 heterocycles. The van der Waals surface area contributed by atoms with Crippen LogP contribution in [0.3, 0.4) is 0 Å². The highest BCUT2D eigenvalue weighted by Gasteiger charge is 2.53. The van der Waals surface area contributed by atoms with Crippen LogP contribution in [0.4, 0.5) is 5.69 Å². The van der Waals surface area contributed by atoms with Crippen molar-refractivity contribution in [3.05, 3.63) is 32.3 Å². The maximum absolute atomic E-state index is 11.3. The Labute approximate surface area is 133 Å². The second kappa shape index (κ2) is 5.93. The van der Waals surface area contributed by atoms with Crippen LogP contribution in [0.1, 0.15) is 38.7 Å². The Morgan fingerprint density at radius 3 is 2.57 bits per heavy atom. The van der Waals surface area contributed by atoms with Crippen molar-refractivity contribution in [1.29, 1.82) is 0 Å². The van der Waals surface area contributed by atoms with E-state index in [1.165, 1.54) is 6.07 Å². The van der Waals surface area contributed by atoms with Gasteiger partial charge in [-0.2, -0.15) is 0 Å². The third kappa shape index (κ3) is 2.66. The molecule has 1 saturated carbocycles. The van der Waals surface area contributed by atoms with Crippen molar-refractivity contribution < 1.29 is 9.66 Å². The van der Waals surface area contributed by atoms with Crippen molar-refractivity contribution in [1.82, 2.24) is 0 Å². The van der Waals surface area contributed by atoms with Crippen LogP contribution in [0.15, 0.2) is 16.6 Å². The molecule has 1 fully saturated rings. The van der Waals surface area contributed by atoms with Crippen molar-refractivity contribution in [3.63, 3.8) is 0 Å². The predicted octanol–water partition coefficient (Wildman–Crippen LogP) is 3.95. The standard InChI is InChI=1S/C15H21BrN2O3/c1-4-15(5-2)12(17)8-13(15)21-14-9(3)6-10(16)7-11(14)18(19)20/h6-7,12-13H,4-5,8,17H2,1-3H3. The van der Waals surface area contributed by atoms with Gasteiger partial charge in [0.2, 0.25) is 0 Å². The van der Waals surface area contributed by atoms with E-state index in [0.717, 1.165) is 24.8 Å². The van der Waals surface area contributed by atoms with Gasteiger partial charge in [-0.15, -0.1) is 0 Å². The number of nitrogens with two attached hydrogens (primary N) is 1. The SMILES string of the molecule is CCC1(CC)C(N)CC1Oc1c(C)cc(Br)cc1[N+](=O)[O-]. The minimum atomic E-state index is -0.398. The van der Waals surface area contributed by atoms with Crippen LogP contribution in [-0.4, -0.2) is 17.1 Å². The molecular formula is C15H21BrN2O3. The molecule has 2 N–H and O–H groups in total. The smallest absolute Gasteiger partial charge is 0.312 e. The van der Waals surface area contributed by atoms with E-state index >= 15 is 0 Å². The molecule has 2 unspecified atom stereocenters. The monoisotopic (exact) mass is 356 g/mol. The lowest BCUT2D eigenvalue weighted by atomic mass is 9.59. The summed E-state index contributed by atoms with van der Waals surface area (Å²) in [5, 5.41) is 11.3. The summed E-state index contributed by atoms with van der Waals surface area (Å²) in [4.78, 5) is 10.9. The first kappa shape index (κ1) is 16.2. The topological polar surface area (TPSA) is 78.4 Å². The molecule has 1 aliphatic carbocycles. The number of nitro groups is 1. The van der Waals surface area contributed by atoms with E-state index in [0.29, 0.717) is 10.2 Å². The van der Waals surface area contributed by atoms with Crippen molar-refractivity contribution in [2.24, 2.45) is 11.1 Å². The van der Waals surface area contributed by atoms with E-state index < -0.39 is 4.92 Å². The lowest BCUT2D eigenvalue weighted by Crippen LogP contribution is -2.63. The molecule has 2 atom stereocenters. The molecule has 0 radical (unpaired) electrons. The zero-order valence-corrected chi connectivity index (χ0v) is 14.1. The second-order valence-electron chi connectivity index (χ2n) is 5.72. The number of hydrogen-bond donors (Lipinski definition) is 1. The Morgan fingerprint density at radius 1 is 1.48 bits per heavy atom. The average Bonchev–Trinajstić information content (AvgIpc) is 2.41. The second-order valence-corrected chi connectivity index (χ2v) is 6.63. The maximum atomic E-state index is 11.3. The number of ether oxygens (including phenoxy) is 1. The first-order chi connectivity index (χ1) is 9.85. The molecule has 1 aromatic rings. The van der Waals surface area contributed by atoms with Gasteiger partial charge in [-0.05, 0) is 31.4 Å². The summed E-state index contributed by atoms with van der Waals surface area (Å²) in [6.45, 7) is 6.02. The van der Waals surface area contributed by atoms with E-state index in [2.05, 4.69) is 29.8 Å². The van der Waals surface area contributed by atoms with Crippen LogP contribution in [0.5, 0.6) is 5.75 Å². The molecule has 2 rings (SSSR count).